The Kier molecular flexibility index (Phi) is 5.22. The molecule has 2 unspecified atom stereocenters. The van der Waals surface area contributed by atoms with E-state index in [1.54, 1.807) is 6.20 Å². The van der Waals surface area contributed by atoms with Gasteiger partial charge in [-0.05, 0) is 40.4 Å². The zero-order valence-corrected chi connectivity index (χ0v) is 10.8. The number of hydrogen-bond acceptors (Lipinski definition) is 3. The topological polar surface area (TPSA) is 50.9 Å². The van der Waals surface area contributed by atoms with E-state index in [9.17, 15) is 0 Å². The van der Waals surface area contributed by atoms with Gasteiger partial charge in [0.2, 0.25) is 0 Å². The molecule has 2 atom stereocenters. The number of nitrogens with two attached hydrogens (primary N) is 1. The average Bonchev–Trinajstić information content (AvgIpc) is 2.26. The van der Waals surface area contributed by atoms with Gasteiger partial charge in [0.25, 0.3) is 0 Å². The Morgan fingerprint density at radius 3 is 2.87 bits per heavy atom. The molecule has 0 aliphatic rings. The standard InChI is InChI=1S/C11H18BrN3/c1-3-8(2)7-10(15-13)11-9(12)5-4-6-14-11/h4-6,8,10,15H,3,7,13H2,1-2H3. The van der Waals surface area contributed by atoms with E-state index in [1.165, 1.54) is 0 Å². The molecule has 15 heavy (non-hydrogen) atoms. The van der Waals surface area contributed by atoms with Crippen molar-refractivity contribution in [1.29, 1.82) is 0 Å². The summed E-state index contributed by atoms with van der Waals surface area (Å²) in [5, 5.41) is 0. The monoisotopic (exact) mass is 271 g/mol. The first-order valence-corrected chi connectivity index (χ1v) is 6.04. The summed E-state index contributed by atoms with van der Waals surface area (Å²) >= 11 is 3.49. The van der Waals surface area contributed by atoms with Crippen LogP contribution in [-0.4, -0.2) is 4.98 Å². The van der Waals surface area contributed by atoms with Crippen LogP contribution in [-0.2, 0) is 0 Å². The molecule has 0 radical (unpaired) electrons. The first-order valence-electron chi connectivity index (χ1n) is 5.25. The third kappa shape index (κ3) is 3.55. The minimum atomic E-state index is 0.121. The fourth-order valence-electron chi connectivity index (χ4n) is 1.48. The molecule has 1 aromatic heterocycles. The van der Waals surface area contributed by atoms with Gasteiger partial charge in [0, 0.05) is 10.7 Å². The lowest BCUT2D eigenvalue weighted by Gasteiger charge is -2.19. The largest absolute Gasteiger partial charge is 0.271 e. The van der Waals surface area contributed by atoms with Gasteiger partial charge >= 0.3 is 0 Å². The molecule has 0 amide bonds. The van der Waals surface area contributed by atoms with Crippen molar-refractivity contribution in [2.75, 3.05) is 0 Å². The van der Waals surface area contributed by atoms with Crippen molar-refractivity contribution in [3.63, 3.8) is 0 Å². The number of nitrogens with zero attached hydrogens (tertiary/aromatic N) is 1. The summed E-state index contributed by atoms with van der Waals surface area (Å²) in [7, 11) is 0. The first kappa shape index (κ1) is 12.6. The highest BCUT2D eigenvalue weighted by Crippen LogP contribution is 2.26. The van der Waals surface area contributed by atoms with Gasteiger partial charge in [-0.25, -0.2) is 0 Å². The quantitative estimate of drug-likeness (QED) is 0.640. The molecular formula is C11H18BrN3. The van der Waals surface area contributed by atoms with Crippen molar-refractivity contribution in [2.45, 2.75) is 32.7 Å². The maximum atomic E-state index is 5.57. The van der Waals surface area contributed by atoms with Crippen LogP contribution in [0.1, 0.15) is 38.4 Å². The van der Waals surface area contributed by atoms with E-state index in [0.717, 1.165) is 23.0 Å². The molecule has 0 saturated carbocycles. The molecule has 0 aromatic carbocycles. The summed E-state index contributed by atoms with van der Waals surface area (Å²) < 4.78 is 1.01. The Bertz CT molecular complexity index is 304. The molecule has 1 heterocycles. The van der Waals surface area contributed by atoms with Crippen LogP contribution in [0.5, 0.6) is 0 Å². The molecule has 3 N–H and O–H groups in total. The predicted octanol–water partition coefficient (Wildman–Crippen LogP) is 2.78. The minimum Gasteiger partial charge on any atom is -0.271 e. The van der Waals surface area contributed by atoms with Crippen molar-refractivity contribution in [3.8, 4) is 0 Å². The van der Waals surface area contributed by atoms with Crippen LogP contribution in [0.2, 0.25) is 0 Å². The molecule has 0 spiro atoms. The summed E-state index contributed by atoms with van der Waals surface area (Å²) in [5.41, 5.74) is 3.82. The number of nitrogens with one attached hydrogen (secondary N) is 1. The van der Waals surface area contributed by atoms with Crippen LogP contribution in [0.25, 0.3) is 0 Å². The number of rotatable bonds is 5. The van der Waals surface area contributed by atoms with Crippen LogP contribution in [0, 0.1) is 5.92 Å². The van der Waals surface area contributed by atoms with E-state index in [-0.39, 0.29) is 6.04 Å². The van der Waals surface area contributed by atoms with Gasteiger partial charge in [-0.1, -0.05) is 20.3 Å². The predicted molar refractivity (Wildman–Crippen MR) is 66.1 cm³/mol. The van der Waals surface area contributed by atoms with E-state index < -0.39 is 0 Å². The molecule has 1 aromatic rings. The number of hydrazine groups is 1. The lowest BCUT2D eigenvalue weighted by molar-refractivity contribution is 0.400. The molecule has 3 nitrogen and oxygen atoms in total. The number of pyridine rings is 1. The molecule has 0 aliphatic carbocycles. The van der Waals surface area contributed by atoms with Gasteiger partial charge in [0.1, 0.15) is 0 Å². The summed E-state index contributed by atoms with van der Waals surface area (Å²) in [6, 6.07) is 4.02. The Morgan fingerprint density at radius 2 is 2.33 bits per heavy atom. The Labute approximate surface area is 99.6 Å². The minimum absolute atomic E-state index is 0.121. The Balaban J connectivity index is 2.78. The molecule has 0 bridgehead atoms. The fourth-order valence-corrected chi connectivity index (χ4v) is 2.01. The van der Waals surface area contributed by atoms with Gasteiger partial charge in [-0.2, -0.15) is 0 Å². The molecular weight excluding hydrogens is 254 g/mol. The summed E-state index contributed by atoms with van der Waals surface area (Å²) in [4.78, 5) is 4.35. The first-order chi connectivity index (χ1) is 7.19. The third-order valence-electron chi connectivity index (χ3n) is 2.65. The zero-order valence-electron chi connectivity index (χ0n) is 9.20. The molecule has 1 rings (SSSR count). The van der Waals surface area contributed by atoms with Gasteiger partial charge < -0.3 is 0 Å². The summed E-state index contributed by atoms with van der Waals surface area (Å²) in [6.45, 7) is 4.41. The summed E-state index contributed by atoms with van der Waals surface area (Å²) in [5.74, 6) is 6.20. The summed E-state index contributed by atoms with van der Waals surface area (Å²) in [6.07, 6.45) is 3.95. The lowest BCUT2D eigenvalue weighted by Crippen LogP contribution is -2.30. The molecule has 84 valence electrons. The van der Waals surface area contributed by atoms with Gasteiger partial charge in [-0.15, -0.1) is 0 Å². The second-order valence-electron chi connectivity index (χ2n) is 3.84. The second kappa shape index (κ2) is 6.20. The SMILES string of the molecule is CCC(C)CC(NN)c1ncccc1Br. The van der Waals surface area contributed by atoms with Crippen molar-refractivity contribution < 1.29 is 0 Å². The van der Waals surface area contributed by atoms with Crippen LogP contribution < -0.4 is 11.3 Å². The van der Waals surface area contributed by atoms with Crippen LogP contribution in [0.3, 0.4) is 0 Å². The van der Waals surface area contributed by atoms with Crippen molar-refractivity contribution in [1.82, 2.24) is 10.4 Å². The smallest absolute Gasteiger partial charge is 0.0728 e. The molecule has 0 fully saturated rings. The Morgan fingerprint density at radius 1 is 1.60 bits per heavy atom. The highest BCUT2D eigenvalue weighted by atomic mass is 79.9. The van der Waals surface area contributed by atoms with Gasteiger partial charge in [0.05, 0.1) is 11.7 Å². The van der Waals surface area contributed by atoms with Crippen molar-refractivity contribution in [2.24, 2.45) is 11.8 Å². The van der Waals surface area contributed by atoms with E-state index in [2.05, 4.69) is 40.2 Å². The average molecular weight is 272 g/mol. The molecule has 0 saturated heterocycles. The zero-order chi connectivity index (χ0) is 11.3. The van der Waals surface area contributed by atoms with Crippen molar-refractivity contribution in [3.05, 3.63) is 28.5 Å². The van der Waals surface area contributed by atoms with Gasteiger partial charge in [0.15, 0.2) is 0 Å². The van der Waals surface area contributed by atoms with E-state index >= 15 is 0 Å². The maximum absolute atomic E-state index is 5.57. The number of halogens is 1. The molecule has 0 aliphatic heterocycles. The highest BCUT2D eigenvalue weighted by molar-refractivity contribution is 9.10. The normalized spacial score (nSPS) is 14.9. The van der Waals surface area contributed by atoms with Crippen LogP contribution >= 0.6 is 15.9 Å². The van der Waals surface area contributed by atoms with Crippen molar-refractivity contribution >= 4 is 15.9 Å². The maximum Gasteiger partial charge on any atom is 0.0728 e. The lowest BCUT2D eigenvalue weighted by atomic mass is 9.97. The molecule has 4 heteroatoms. The van der Waals surface area contributed by atoms with E-state index in [1.807, 2.05) is 12.1 Å². The Hall–Kier alpha value is -0.450. The highest BCUT2D eigenvalue weighted by Gasteiger charge is 2.16. The van der Waals surface area contributed by atoms with E-state index in [0.29, 0.717) is 5.92 Å². The second-order valence-corrected chi connectivity index (χ2v) is 4.69. The third-order valence-corrected chi connectivity index (χ3v) is 3.32. The van der Waals surface area contributed by atoms with Crippen LogP contribution in [0.4, 0.5) is 0 Å². The van der Waals surface area contributed by atoms with Gasteiger partial charge in [-0.3, -0.25) is 16.3 Å². The van der Waals surface area contributed by atoms with E-state index in [4.69, 9.17) is 5.84 Å². The van der Waals surface area contributed by atoms with Crippen LogP contribution in [0.15, 0.2) is 22.8 Å². The number of hydrogen-bond donors (Lipinski definition) is 2. The number of aromatic nitrogens is 1. The fraction of sp³-hybridized carbons (Fsp3) is 0.545.